The molecule has 1 amide bonds. The van der Waals surface area contributed by atoms with E-state index in [1.807, 2.05) is 0 Å². The summed E-state index contributed by atoms with van der Waals surface area (Å²) < 4.78 is 0. The molecule has 0 aliphatic rings. The molecule has 0 heterocycles. The average molecular weight is 229 g/mol. The van der Waals surface area contributed by atoms with Crippen LogP contribution in [0.4, 0.5) is 0 Å². The third kappa shape index (κ3) is 171. The van der Waals surface area contributed by atoms with Crippen LogP contribution in [-0.2, 0) is 4.79 Å². The molecule has 2 N–H and O–H groups in total. The zero-order valence-electron chi connectivity index (χ0n) is 7.70. The first-order chi connectivity index (χ1) is 3.41. The molecule has 0 rings (SSSR count). The molecule has 0 aromatic carbocycles. The molecule has 6 nitrogen and oxygen atoms in total. The topological polar surface area (TPSA) is 135 Å². The molecule has 50 valence electrons. The zero-order chi connectivity index (χ0) is 7.21. The Labute approximate surface area is 160 Å². The largest absolute Gasteiger partial charge is 1.00 e. The first-order valence-corrected chi connectivity index (χ1v) is 3.02. The summed E-state index contributed by atoms with van der Waals surface area (Å²) in [6, 6.07) is 0. The molecule has 0 atom stereocenters. The minimum absolute atomic E-state index is 0. The van der Waals surface area contributed by atoms with Crippen LogP contribution in [0, 0.1) is 0 Å². The fourth-order valence-corrected chi connectivity index (χ4v) is 0. The summed E-state index contributed by atoms with van der Waals surface area (Å²) in [7, 11) is -5.61. The molecule has 11 heteroatoms. The third-order valence-electron chi connectivity index (χ3n) is 0. The zero-order valence-corrected chi connectivity index (χ0v) is 16.7. The van der Waals surface area contributed by atoms with Crippen LogP contribution in [0.3, 0.4) is 0 Å². The van der Waals surface area contributed by atoms with Crippen LogP contribution in [0.25, 0.3) is 0 Å². The van der Waals surface area contributed by atoms with E-state index in [1.165, 1.54) is 0 Å². The van der Waals surface area contributed by atoms with E-state index >= 15 is 0 Å². The summed E-state index contributed by atoms with van der Waals surface area (Å²) >= 11 is 0. The van der Waals surface area contributed by atoms with Crippen molar-refractivity contribution in [3.8, 4) is 0 Å². The van der Waals surface area contributed by atoms with Gasteiger partial charge in [0.25, 0.3) is 0 Å². The number of primary amides is 1. The standard InChI is InChI=1S/CH3NO.4Na.O4Si/c2-1-3;;;;;1-5(2,3)4/h1H,(H2,2,3);;;;;/q;4*+1;-4. The Bertz CT molecular complexity index is 63.0. The van der Waals surface area contributed by atoms with Crippen LogP contribution in [0.1, 0.15) is 0 Å². The van der Waals surface area contributed by atoms with Gasteiger partial charge in [0.1, 0.15) is 0 Å². The van der Waals surface area contributed by atoms with Gasteiger partial charge in [-0.15, -0.1) is 0 Å². The number of carbonyl (C=O) groups excluding carboxylic acids is 1. The average Bonchev–Trinajstić information content (AvgIpc) is 1.27. The number of nitrogens with two attached hydrogens (primary N) is 1. The quantitative estimate of drug-likeness (QED) is 0.325. The number of rotatable bonds is 0. The molecule has 0 aliphatic heterocycles. The SMILES string of the molecule is NC=O.[Na+].[Na+].[Na+].[Na+].[O-][Si]([O-])([O-])[O-]. The summed E-state index contributed by atoms with van der Waals surface area (Å²) in [5.41, 5.74) is 4.17. The van der Waals surface area contributed by atoms with E-state index in [1.54, 1.807) is 0 Å². The van der Waals surface area contributed by atoms with Gasteiger partial charge in [-0.05, 0) is 0 Å². The normalized spacial score (nSPS) is 6.00. The van der Waals surface area contributed by atoms with E-state index in [9.17, 15) is 0 Å². The van der Waals surface area contributed by atoms with Gasteiger partial charge in [0.2, 0.25) is 6.41 Å². The van der Waals surface area contributed by atoms with Crippen LogP contribution < -0.4 is 143 Å². The molecule has 12 heavy (non-hydrogen) atoms. The van der Waals surface area contributed by atoms with E-state index in [-0.39, 0.29) is 125 Å². The molecule has 0 bridgehead atoms. The van der Waals surface area contributed by atoms with Crippen LogP contribution >= 0.6 is 0 Å². The summed E-state index contributed by atoms with van der Waals surface area (Å²) in [6.07, 6.45) is 0.250. The van der Waals surface area contributed by atoms with Crippen molar-refractivity contribution in [3.05, 3.63) is 0 Å². The number of amides is 1. The van der Waals surface area contributed by atoms with Crippen molar-refractivity contribution in [3.63, 3.8) is 0 Å². The van der Waals surface area contributed by atoms with Gasteiger partial charge in [-0.25, -0.2) is 0 Å². The predicted octanol–water partition coefficient (Wildman–Crippen LogP) is -18.0. The van der Waals surface area contributed by atoms with Gasteiger partial charge in [0.15, 0.2) is 0 Å². The van der Waals surface area contributed by atoms with Gasteiger partial charge in [0, 0.05) is 0 Å². The summed E-state index contributed by atoms with van der Waals surface area (Å²) in [5.74, 6) is 0. The Morgan fingerprint density at radius 2 is 0.917 bits per heavy atom. The molecule has 0 saturated heterocycles. The van der Waals surface area contributed by atoms with Gasteiger partial charge < -0.3 is 34.0 Å². The van der Waals surface area contributed by atoms with Gasteiger partial charge in [-0.3, -0.25) is 4.79 Å². The molecular formula is CH3NNa4O5Si. The van der Waals surface area contributed by atoms with Gasteiger partial charge >= 0.3 is 118 Å². The smallest absolute Gasteiger partial charge is 0.894 e. The van der Waals surface area contributed by atoms with E-state index in [2.05, 4.69) is 5.73 Å². The van der Waals surface area contributed by atoms with Gasteiger partial charge in [-0.1, -0.05) is 0 Å². The Hall–Kier alpha value is 3.53. The molecule has 0 radical (unpaired) electrons. The van der Waals surface area contributed by atoms with E-state index in [0.29, 0.717) is 0 Å². The van der Waals surface area contributed by atoms with Crippen LogP contribution in [0.15, 0.2) is 0 Å². The molecule has 0 aromatic heterocycles. The van der Waals surface area contributed by atoms with Crippen molar-refractivity contribution in [1.82, 2.24) is 0 Å². The summed E-state index contributed by atoms with van der Waals surface area (Å²) in [6.45, 7) is 0. The fraction of sp³-hybridized carbons (Fsp3) is 0. The Kier molecular flexibility index (Phi) is 72.2. The van der Waals surface area contributed by atoms with E-state index < -0.39 is 9.05 Å². The van der Waals surface area contributed by atoms with Crippen LogP contribution in [0.2, 0.25) is 0 Å². The molecule has 0 saturated carbocycles. The maximum absolute atomic E-state index is 8.58. The maximum Gasteiger partial charge on any atom is 1.00 e. The molecule has 0 unspecified atom stereocenters. The second kappa shape index (κ2) is 24.0. The van der Waals surface area contributed by atoms with Crippen molar-refractivity contribution in [2.75, 3.05) is 0 Å². The monoisotopic (exact) mass is 229 g/mol. The Balaban J connectivity index is -0.0000000119. The first-order valence-electron chi connectivity index (χ1n) is 1.39. The van der Waals surface area contributed by atoms with Gasteiger partial charge in [-0.2, -0.15) is 0 Å². The van der Waals surface area contributed by atoms with Crippen LogP contribution in [-0.4, -0.2) is 15.5 Å². The molecule has 0 fully saturated rings. The first kappa shape index (κ1) is 36.1. The Morgan fingerprint density at radius 3 is 0.917 bits per heavy atom. The summed E-state index contributed by atoms with van der Waals surface area (Å²) in [4.78, 5) is 42.9. The molecule has 0 spiro atoms. The van der Waals surface area contributed by atoms with E-state index in [0.717, 1.165) is 0 Å². The molecule has 0 aliphatic carbocycles. The molecule has 0 aromatic rings. The number of hydrogen-bond acceptors (Lipinski definition) is 5. The molecular weight excluding hydrogens is 226 g/mol. The van der Waals surface area contributed by atoms with Crippen molar-refractivity contribution < 1.29 is 142 Å². The predicted molar refractivity (Wildman–Crippen MR) is 16.0 cm³/mol. The number of carbonyl (C=O) groups is 1. The second-order valence-corrected chi connectivity index (χ2v) is 1.64. The van der Waals surface area contributed by atoms with Crippen LogP contribution in [0.5, 0.6) is 0 Å². The maximum atomic E-state index is 8.58. The summed E-state index contributed by atoms with van der Waals surface area (Å²) in [5, 5.41) is 0. The van der Waals surface area contributed by atoms with E-state index in [4.69, 9.17) is 24.0 Å². The minimum Gasteiger partial charge on any atom is -0.894 e. The second-order valence-electron chi connectivity index (χ2n) is 0.636. The van der Waals surface area contributed by atoms with Crippen molar-refractivity contribution in [2.24, 2.45) is 5.73 Å². The van der Waals surface area contributed by atoms with Crippen molar-refractivity contribution in [2.45, 2.75) is 0 Å². The van der Waals surface area contributed by atoms with Gasteiger partial charge in [0.05, 0.1) is 0 Å². The fourth-order valence-electron chi connectivity index (χ4n) is 0. The van der Waals surface area contributed by atoms with Crippen molar-refractivity contribution >= 4 is 15.5 Å². The Morgan fingerprint density at radius 1 is 0.917 bits per heavy atom. The minimum atomic E-state index is -5.61. The van der Waals surface area contributed by atoms with Crippen molar-refractivity contribution in [1.29, 1.82) is 0 Å². The third-order valence-corrected chi connectivity index (χ3v) is 0. The number of hydrogen-bond donors (Lipinski definition) is 1.